The Hall–Kier alpha value is -2.65. The van der Waals surface area contributed by atoms with Crippen molar-refractivity contribution in [2.75, 3.05) is 41.0 Å². The van der Waals surface area contributed by atoms with Gasteiger partial charge in [-0.05, 0) is 18.9 Å². The summed E-state index contributed by atoms with van der Waals surface area (Å²) in [6.45, 7) is 9.44. The topological polar surface area (TPSA) is 90.7 Å². The zero-order chi connectivity index (χ0) is 23.3. The van der Waals surface area contributed by atoms with E-state index in [1.165, 1.54) is 7.11 Å². The highest BCUT2D eigenvalue weighted by molar-refractivity contribution is 5.77. The van der Waals surface area contributed by atoms with Gasteiger partial charge in [-0.2, -0.15) is 0 Å². The van der Waals surface area contributed by atoms with Crippen molar-refractivity contribution < 1.29 is 19.0 Å². The zero-order valence-corrected chi connectivity index (χ0v) is 20.0. The molecule has 2 aromatic rings. The molecule has 1 N–H and O–H groups in total. The molecular weight excluding hydrogens is 410 g/mol. The molecule has 1 amide bonds. The molecule has 0 spiro atoms. The SMILES string of the molecule is COCC(=O)N[C@H](c1nnc2n1CCN(Cc1ccc(OC)c(C)c1OC)CC2)C(C)C. The first-order valence-corrected chi connectivity index (χ1v) is 11.0. The van der Waals surface area contributed by atoms with Crippen LogP contribution in [0.5, 0.6) is 11.5 Å². The molecule has 1 aromatic carbocycles. The first-order valence-electron chi connectivity index (χ1n) is 11.0. The second-order valence-corrected chi connectivity index (χ2v) is 8.46. The predicted octanol–water partition coefficient (Wildman–Crippen LogP) is 2.12. The molecule has 0 radical (unpaired) electrons. The average Bonchev–Trinajstić information content (AvgIpc) is 3.05. The summed E-state index contributed by atoms with van der Waals surface area (Å²) < 4.78 is 18.2. The van der Waals surface area contributed by atoms with Crippen molar-refractivity contribution in [3.8, 4) is 11.5 Å². The van der Waals surface area contributed by atoms with Crippen LogP contribution in [0.1, 0.15) is 42.7 Å². The number of benzene rings is 1. The highest BCUT2D eigenvalue weighted by Crippen LogP contribution is 2.32. The number of carbonyl (C=O) groups is 1. The maximum absolute atomic E-state index is 12.2. The van der Waals surface area contributed by atoms with Gasteiger partial charge in [0.05, 0.1) is 20.3 Å². The van der Waals surface area contributed by atoms with Gasteiger partial charge < -0.3 is 24.1 Å². The van der Waals surface area contributed by atoms with Crippen LogP contribution in [0.15, 0.2) is 12.1 Å². The lowest BCUT2D eigenvalue weighted by Crippen LogP contribution is -2.36. The summed E-state index contributed by atoms with van der Waals surface area (Å²) in [7, 11) is 4.89. The molecule has 32 heavy (non-hydrogen) atoms. The first-order chi connectivity index (χ1) is 15.4. The maximum Gasteiger partial charge on any atom is 0.246 e. The molecule has 1 atom stereocenters. The highest BCUT2D eigenvalue weighted by Gasteiger charge is 2.27. The van der Waals surface area contributed by atoms with Crippen LogP contribution in [-0.4, -0.2) is 66.6 Å². The summed E-state index contributed by atoms with van der Waals surface area (Å²) in [5, 5.41) is 11.9. The van der Waals surface area contributed by atoms with Gasteiger partial charge in [-0.3, -0.25) is 9.69 Å². The molecule has 0 saturated carbocycles. The van der Waals surface area contributed by atoms with E-state index in [0.717, 1.165) is 66.9 Å². The normalized spacial score (nSPS) is 15.2. The average molecular weight is 446 g/mol. The Bertz CT molecular complexity index is 927. The third-order valence-electron chi connectivity index (χ3n) is 5.94. The van der Waals surface area contributed by atoms with Gasteiger partial charge in [0.25, 0.3) is 0 Å². The van der Waals surface area contributed by atoms with Crippen molar-refractivity contribution in [1.82, 2.24) is 25.0 Å². The van der Waals surface area contributed by atoms with Gasteiger partial charge in [0.2, 0.25) is 5.91 Å². The van der Waals surface area contributed by atoms with E-state index >= 15 is 0 Å². The van der Waals surface area contributed by atoms with E-state index < -0.39 is 0 Å². The van der Waals surface area contributed by atoms with Gasteiger partial charge in [0.1, 0.15) is 23.9 Å². The minimum absolute atomic E-state index is 0.0289. The largest absolute Gasteiger partial charge is 0.496 e. The Morgan fingerprint density at radius 3 is 2.56 bits per heavy atom. The minimum Gasteiger partial charge on any atom is -0.496 e. The molecule has 0 unspecified atom stereocenters. The number of nitrogens with zero attached hydrogens (tertiary/aromatic N) is 4. The molecule has 1 aliphatic heterocycles. The quantitative estimate of drug-likeness (QED) is 0.632. The first kappa shape index (κ1) is 24.0. The van der Waals surface area contributed by atoms with E-state index in [2.05, 4.69) is 44.9 Å². The Kier molecular flexibility index (Phi) is 8.09. The Morgan fingerprint density at radius 2 is 1.91 bits per heavy atom. The molecule has 1 aromatic heterocycles. The predicted molar refractivity (Wildman–Crippen MR) is 121 cm³/mol. The Morgan fingerprint density at radius 1 is 1.12 bits per heavy atom. The van der Waals surface area contributed by atoms with Crippen molar-refractivity contribution in [3.63, 3.8) is 0 Å². The molecule has 0 saturated heterocycles. The van der Waals surface area contributed by atoms with Gasteiger partial charge in [0.15, 0.2) is 5.82 Å². The van der Waals surface area contributed by atoms with Gasteiger partial charge in [0, 0.05) is 50.8 Å². The standard InChI is InChI=1S/C23H35N5O4/c1-15(2)21(24-20(29)14-30-4)23-26-25-19-9-10-27(11-12-28(19)23)13-17-7-8-18(31-5)16(3)22(17)32-6/h7-8,15,21H,9-14H2,1-6H3,(H,24,29)/t21-/m0/s1. The van der Waals surface area contributed by atoms with Crippen molar-refractivity contribution in [1.29, 1.82) is 0 Å². The van der Waals surface area contributed by atoms with Crippen molar-refractivity contribution >= 4 is 5.91 Å². The fraction of sp³-hybridized carbons (Fsp3) is 0.609. The fourth-order valence-electron chi connectivity index (χ4n) is 4.25. The van der Waals surface area contributed by atoms with Gasteiger partial charge in [-0.1, -0.05) is 19.9 Å². The molecule has 0 fully saturated rings. The molecular formula is C23H35N5O4. The van der Waals surface area contributed by atoms with Crippen molar-refractivity contribution in [3.05, 3.63) is 34.9 Å². The van der Waals surface area contributed by atoms with Gasteiger partial charge >= 0.3 is 0 Å². The van der Waals surface area contributed by atoms with Crippen LogP contribution in [0.25, 0.3) is 0 Å². The molecule has 9 heteroatoms. The number of hydrogen-bond acceptors (Lipinski definition) is 7. The number of fused-ring (bicyclic) bond motifs is 1. The molecule has 0 aliphatic carbocycles. The molecule has 9 nitrogen and oxygen atoms in total. The van der Waals surface area contributed by atoms with Crippen LogP contribution >= 0.6 is 0 Å². The second kappa shape index (κ2) is 10.8. The van der Waals surface area contributed by atoms with E-state index in [1.807, 2.05) is 13.0 Å². The number of hydrogen-bond donors (Lipinski definition) is 1. The van der Waals surface area contributed by atoms with E-state index in [9.17, 15) is 4.79 Å². The summed E-state index contributed by atoms with van der Waals surface area (Å²) in [4.78, 5) is 14.6. The lowest BCUT2D eigenvalue weighted by Gasteiger charge is -2.24. The fourth-order valence-corrected chi connectivity index (χ4v) is 4.25. The molecule has 2 heterocycles. The number of nitrogens with one attached hydrogen (secondary N) is 1. The maximum atomic E-state index is 12.2. The lowest BCUT2D eigenvalue weighted by molar-refractivity contribution is -0.125. The van der Waals surface area contributed by atoms with Crippen LogP contribution < -0.4 is 14.8 Å². The van der Waals surface area contributed by atoms with E-state index in [0.29, 0.717) is 0 Å². The third-order valence-corrected chi connectivity index (χ3v) is 5.94. The van der Waals surface area contributed by atoms with Crippen molar-refractivity contribution in [2.24, 2.45) is 5.92 Å². The van der Waals surface area contributed by atoms with Gasteiger partial charge in [-0.15, -0.1) is 10.2 Å². The highest BCUT2D eigenvalue weighted by atomic mass is 16.5. The number of ether oxygens (including phenoxy) is 3. The van der Waals surface area contributed by atoms with Crippen LogP contribution in [0.2, 0.25) is 0 Å². The second-order valence-electron chi connectivity index (χ2n) is 8.46. The Labute approximate surface area is 190 Å². The third kappa shape index (κ3) is 5.21. The Balaban J connectivity index is 1.76. The number of rotatable bonds is 9. The van der Waals surface area contributed by atoms with Gasteiger partial charge in [-0.25, -0.2) is 0 Å². The monoisotopic (exact) mass is 445 g/mol. The molecule has 0 bridgehead atoms. The smallest absolute Gasteiger partial charge is 0.246 e. The lowest BCUT2D eigenvalue weighted by atomic mass is 10.0. The van der Waals surface area contributed by atoms with Crippen LogP contribution in [0, 0.1) is 12.8 Å². The van der Waals surface area contributed by atoms with Crippen LogP contribution in [0.4, 0.5) is 0 Å². The van der Waals surface area contributed by atoms with Crippen LogP contribution in [-0.2, 0) is 29.0 Å². The van der Waals surface area contributed by atoms with E-state index in [-0.39, 0.29) is 24.5 Å². The molecule has 3 rings (SSSR count). The molecule has 1 aliphatic rings. The van der Waals surface area contributed by atoms with Crippen LogP contribution in [0.3, 0.4) is 0 Å². The molecule has 176 valence electrons. The number of methoxy groups -OCH3 is 3. The number of carbonyl (C=O) groups excluding carboxylic acids is 1. The van der Waals surface area contributed by atoms with E-state index in [1.54, 1.807) is 14.2 Å². The number of amides is 1. The minimum atomic E-state index is -0.213. The summed E-state index contributed by atoms with van der Waals surface area (Å²) in [5.41, 5.74) is 2.14. The summed E-state index contributed by atoms with van der Waals surface area (Å²) in [6.07, 6.45) is 0.793. The summed E-state index contributed by atoms with van der Waals surface area (Å²) >= 11 is 0. The van der Waals surface area contributed by atoms with E-state index in [4.69, 9.17) is 14.2 Å². The van der Waals surface area contributed by atoms with Crippen molar-refractivity contribution in [2.45, 2.75) is 46.3 Å². The summed E-state index contributed by atoms with van der Waals surface area (Å²) in [5.74, 6) is 3.48. The summed E-state index contributed by atoms with van der Waals surface area (Å²) in [6, 6.07) is 3.85. The number of aromatic nitrogens is 3. The zero-order valence-electron chi connectivity index (χ0n) is 20.0.